The number of hydrogen-bond acceptors (Lipinski definition) is 4. The molecule has 0 N–H and O–H groups in total. The maximum atomic E-state index is 12.8. The highest BCUT2D eigenvalue weighted by Crippen LogP contribution is 2.46. The maximum Gasteiger partial charge on any atom is 0.237 e. The van der Waals surface area contributed by atoms with E-state index in [1.165, 1.54) is 16.8 Å². The molecule has 5 nitrogen and oxygen atoms in total. The Bertz CT molecular complexity index is 716. The van der Waals surface area contributed by atoms with E-state index in [0.29, 0.717) is 13.1 Å². The van der Waals surface area contributed by atoms with Crippen molar-refractivity contribution < 1.29 is 9.59 Å². The van der Waals surface area contributed by atoms with Gasteiger partial charge in [0.05, 0.1) is 12.1 Å². The molecule has 0 radical (unpaired) electrons. The van der Waals surface area contributed by atoms with Crippen LogP contribution in [-0.2, 0) is 9.59 Å². The SMILES string of the molecule is Cc1cccc(N2CCN(CN3C(=O)CC4(CCCC4)C3=O)CC2)c1C. The van der Waals surface area contributed by atoms with Crippen molar-refractivity contribution in [2.45, 2.75) is 46.0 Å². The van der Waals surface area contributed by atoms with E-state index in [1.807, 2.05) is 0 Å². The summed E-state index contributed by atoms with van der Waals surface area (Å²) in [6, 6.07) is 6.46. The number of imide groups is 1. The van der Waals surface area contributed by atoms with Gasteiger partial charge in [-0.3, -0.25) is 19.4 Å². The van der Waals surface area contributed by atoms with Crippen LogP contribution < -0.4 is 4.90 Å². The van der Waals surface area contributed by atoms with Crippen molar-refractivity contribution in [3.05, 3.63) is 29.3 Å². The summed E-state index contributed by atoms with van der Waals surface area (Å²) in [7, 11) is 0. The van der Waals surface area contributed by atoms with Crippen molar-refractivity contribution in [3.63, 3.8) is 0 Å². The van der Waals surface area contributed by atoms with Gasteiger partial charge in [0.15, 0.2) is 0 Å². The van der Waals surface area contributed by atoms with Crippen LogP contribution in [0.2, 0.25) is 0 Å². The van der Waals surface area contributed by atoms with E-state index in [1.54, 1.807) is 4.90 Å². The molecule has 1 aromatic rings. The lowest BCUT2D eigenvalue weighted by molar-refractivity contribution is -0.143. The molecule has 5 heteroatoms. The third kappa shape index (κ3) is 2.92. The molecule has 3 fully saturated rings. The Hall–Kier alpha value is -1.88. The number of benzene rings is 1. The van der Waals surface area contributed by atoms with E-state index in [0.717, 1.165) is 51.9 Å². The van der Waals surface area contributed by atoms with Crippen LogP contribution >= 0.6 is 0 Å². The van der Waals surface area contributed by atoms with Gasteiger partial charge in [-0.15, -0.1) is 0 Å². The minimum absolute atomic E-state index is 0.0360. The average molecular weight is 355 g/mol. The zero-order valence-corrected chi connectivity index (χ0v) is 16.0. The first-order valence-electron chi connectivity index (χ1n) is 9.88. The first-order valence-corrected chi connectivity index (χ1v) is 9.88. The van der Waals surface area contributed by atoms with Crippen LogP contribution in [0, 0.1) is 19.3 Å². The molecule has 1 aliphatic carbocycles. The lowest BCUT2D eigenvalue weighted by Crippen LogP contribution is -2.51. The molecule has 3 aliphatic rings. The topological polar surface area (TPSA) is 43.9 Å². The summed E-state index contributed by atoms with van der Waals surface area (Å²) in [4.78, 5) is 31.5. The summed E-state index contributed by atoms with van der Waals surface area (Å²) < 4.78 is 0. The molecule has 4 rings (SSSR count). The standard InChI is InChI=1S/C21H29N3O2/c1-16-6-5-7-18(17(16)2)23-12-10-22(11-13-23)15-24-19(25)14-21(20(24)26)8-3-4-9-21/h5-7H,3-4,8-15H2,1-2H3. The maximum absolute atomic E-state index is 12.8. The van der Waals surface area contributed by atoms with E-state index in [2.05, 4.69) is 41.8 Å². The Balaban J connectivity index is 1.38. The lowest BCUT2D eigenvalue weighted by atomic mass is 9.85. The molecule has 0 bridgehead atoms. The van der Waals surface area contributed by atoms with Crippen LogP contribution in [0.1, 0.15) is 43.2 Å². The van der Waals surface area contributed by atoms with E-state index in [-0.39, 0.29) is 17.2 Å². The van der Waals surface area contributed by atoms with Crippen LogP contribution in [0.4, 0.5) is 5.69 Å². The van der Waals surface area contributed by atoms with Gasteiger partial charge in [0.25, 0.3) is 0 Å². The number of hydrogen-bond donors (Lipinski definition) is 0. The second-order valence-corrected chi connectivity index (χ2v) is 8.26. The molecule has 140 valence electrons. The molecular formula is C21H29N3O2. The fourth-order valence-electron chi connectivity index (χ4n) is 4.85. The van der Waals surface area contributed by atoms with Crippen molar-refractivity contribution in [2.75, 3.05) is 37.7 Å². The van der Waals surface area contributed by atoms with Crippen molar-refractivity contribution >= 4 is 17.5 Å². The number of amides is 2. The van der Waals surface area contributed by atoms with Gasteiger partial charge in [-0.25, -0.2) is 0 Å². The van der Waals surface area contributed by atoms with Crippen molar-refractivity contribution in [2.24, 2.45) is 5.41 Å². The predicted molar refractivity (Wildman–Crippen MR) is 102 cm³/mol. The molecule has 1 spiro atoms. The van der Waals surface area contributed by atoms with Gasteiger partial charge < -0.3 is 4.90 Å². The predicted octanol–water partition coefficient (Wildman–Crippen LogP) is 2.70. The lowest BCUT2D eigenvalue weighted by Gasteiger charge is -2.38. The second kappa shape index (κ2) is 6.69. The number of carbonyl (C=O) groups excluding carboxylic acids is 2. The van der Waals surface area contributed by atoms with Gasteiger partial charge in [0.2, 0.25) is 11.8 Å². The third-order valence-corrected chi connectivity index (χ3v) is 6.68. The number of carbonyl (C=O) groups is 2. The van der Waals surface area contributed by atoms with Crippen molar-refractivity contribution in [1.29, 1.82) is 0 Å². The fourth-order valence-corrected chi connectivity index (χ4v) is 4.85. The number of rotatable bonds is 3. The van der Waals surface area contributed by atoms with Gasteiger partial charge in [-0.05, 0) is 43.9 Å². The molecular weight excluding hydrogens is 326 g/mol. The summed E-state index contributed by atoms with van der Waals surface area (Å²) in [6.07, 6.45) is 4.40. The van der Waals surface area contributed by atoms with Gasteiger partial charge >= 0.3 is 0 Å². The molecule has 1 aromatic carbocycles. The number of anilines is 1. The molecule has 0 atom stereocenters. The van der Waals surface area contributed by atoms with Gasteiger partial charge in [0, 0.05) is 38.3 Å². The molecule has 2 amide bonds. The Kier molecular flexibility index (Phi) is 4.51. The minimum atomic E-state index is -0.350. The zero-order chi connectivity index (χ0) is 18.3. The van der Waals surface area contributed by atoms with Crippen molar-refractivity contribution in [3.8, 4) is 0 Å². The normalized spacial score (nSPS) is 23.5. The number of aryl methyl sites for hydroxylation is 1. The third-order valence-electron chi connectivity index (χ3n) is 6.68. The van der Waals surface area contributed by atoms with E-state index in [9.17, 15) is 9.59 Å². The summed E-state index contributed by atoms with van der Waals surface area (Å²) in [5, 5.41) is 0. The van der Waals surface area contributed by atoms with Crippen LogP contribution in [0.5, 0.6) is 0 Å². The first-order chi connectivity index (χ1) is 12.5. The van der Waals surface area contributed by atoms with Crippen LogP contribution in [0.15, 0.2) is 18.2 Å². The van der Waals surface area contributed by atoms with E-state index >= 15 is 0 Å². The van der Waals surface area contributed by atoms with Gasteiger partial charge in [-0.1, -0.05) is 25.0 Å². The molecule has 26 heavy (non-hydrogen) atoms. The molecule has 2 heterocycles. The second-order valence-electron chi connectivity index (χ2n) is 8.26. The highest BCUT2D eigenvalue weighted by Gasteiger charge is 2.52. The van der Waals surface area contributed by atoms with Crippen molar-refractivity contribution in [1.82, 2.24) is 9.80 Å². The highest BCUT2D eigenvalue weighted by molar-refractivity contribution is 6.06. The monoisotopic (exact) mass is 355 g/mol. The number of piperazine rings is 1. The zero-order valence-electron chi connectivity index (χ0n) is 16.0. The Morgan fingerprint density at radius 1 is 1.00 bits per heavy atom. The van der Waals surface area contributed by atoms with Gasteiger partial charge in [0.1, 0.15) is 0 Å². The highest BCUT2D eigenvalue weighted by atomic mass is 16.2. The van der Waals surface area contributed by atoms with Crippen LogP contribution in [-0.4, -0.2) is 54.5 Å². The summed E-state index contributed by atoms with van der Waals surface area (Å²) in [5.41, 5.74) is 3.62. The van der Waals surface area contributed by atoms with E-state index < -0.39 is 0 Å². The Morgan fingerprint density at radius 3 is 2.38 bits per heavy atom. The molecule has 0 aromatic heterocycles. The fraction of sp³-hybridized carbons (Fsp3) is 0.619. The van der Waals surface area contributed by atoms with Crippen LogP contribution in [0.3, 0.4) is 0 Å². The minimum Gasteiger partial charge on any atom is -0.369 e. The molecule has 0 unspecified atom stereocenters. The summed E-state index contributed by atoms with van der Waals surface area (Å²) in [6.45, 7) is 8.45. The quantitative estimate of drug-likeness (QED) is 0.782. The largest absolute Gasteiger partial charge is 0.369 e. The summed E-state index contributed by atoms with van der Waals surface area (Å²) >= 11 is 0. The van der Waals surface area contributed by atoms with Crippen LogP contribution in [0.25, 0.3) is 0 Å². The average Bonchev–Trinajstić information content (AvgIpc) is 3.19. The summed E-state index contributed by atoms with van der Waals surface area (Å²) in [5.74, 6) is 0.130. The first kappa shape index (κ1) is 17.5. The molecule has 1 saturated carbocycles. The smallest absolute Gasteiger partial charge is 0.237 e. The molecule has 2 aliphatic heterocycles. The van der Waals surface area contributed by atoms with Gasteiger partial charge in [-0.2, -0.15) is 0 Å². The number of nitrogens with zero attached hydrogens (tertiary/aromatic N) is 3. The molecule has 2 saturated heterocycles. The Morgan fingerprint density at radius 2 is 1.69 bits per heavy atom. The Labute approximate surface area is 155 Å². The van der Waals surface area contributed by atoms with E-state index in [4.69, 9.17) is 0 Å². The number of likely N-dealkylation sites (tertiary alicyclic amines) is 1.